The van der Waals surface area contributed by atoms with Crippen molar-refractivity contribution in [3.63, 3.8) is 0 Å². The lowest BCUT2D eigenvalue weighted by Gasteiger charge is -2.47. The number of rotatable bonds is 2. The van der Waals surface area contributed by atoms with Crippen LogP contribution in [0, 0.1) is 0 Å². The average Bonchev–Trinajstić information content (AvgIpc) is 2.02. The number of hydrogen-bond acceptors (Lipinski definition) is 3. The second kappa shape index (κ2) is 3.87. The Labute approximate surface area is 85.3 Å². The standard InChI is InChI=1S/C10H20N2O2/c1-7-5-11-6-8(2)12(7)10(3,4)9(13)14/h7-8,11H,5-6H2,1-4H3,(H,13,14). The van der Waals surface area contributed by atoms with Crippen molar-refractivity contribution >= 4 is 5.97 Å². The quantitative estimate of drug-likeness (QED) is 0.683. The van der Waals surface area contributed by atoms with Crippen molar-refractivity contribution in [2.75, 3.05) is 13.1 Å². The molecule has 1 aliphatic rings. The zero-order chi connectivity index (χ0) is 10.9. The Morgan fingerprint density at radius 3 is 2.14 bits per heavy atom. The second-order valence-corrected chi connectivity index (χ2v) is 4.63. The van der Waals surface area contributed by atoms with Crippen LogP contribution in [0.1, 0.15) is 27.7 Å². The van der Waals surface area contributed by atoms with E-state index in [1.54, 1.807) is 13.8 Å². The normalized spacial score (nSPS) is 30.3. The van der Waals surface area contributed by atoms with Gasteiger partial charge in [0.15, 0.2) is 0 Å². The Morgan fingerprint density at radius 2 is 1.79 bits per heavy atom. The van der Waals surface area contributed by atoms with Gasteiger partial charge >= 0.3 is 5.97 Å². The molecule has 0 amide bonds. The molecule has 2 N–H and O–H groups in total. The van der Waals surface area contributed by atoms with Gasteiger partial charge in [0.2, 0.25) is 0 Å². The van der Waals surface area contributed by atoms with Crippen molar-refractivity contribution in [1.29, 1.82) is 0 Å². The molecule has 82 valence electrons. The van der Waals surface area contributed by atoms with E-state index in [0.29, 0.717) is 0 Å². The summed E-state index contributed by atoms with van der Waals surface area (Å²) in [6.07, 6.45) is 0. The molecule has 0 aromatic rings. The molecule has 1 fully saturated rings. The van der Waals surface area contributed by atoms with Crippen molar-refractivity contribution in [1.82, 2.24) is 10.2 Å². The number of nitrogens with one attached hydrogen (secondary N) is 1. The molecule has 1 aliphatic heterocycles. The Morgan fingerprint density at radius 1 is 1.36 bits per heavy atom. The molecule has 0 aromatic carbocycles. The third-order valence-electron chi connectivity index (χ3n) is 3.00. The molecule has 0 bridgehead atoms. The highest BCUT2D eigenvalue weighted by Gasteiger charge is 2.41. The van der Waals surface area contributed by atoms with Crippen LogP contribution in [-0.4, -0.2) is 46.7 Å². The van der Waals surface area contributed by atoms with Gasteiger partial charge in [-0.15, -0.1) is 0 Å². The molecule has 2 unspecified atom stereocenters. The first-order valence-corrected chi connectivity index (χ1v) is 5.10. The maximum atomic E-state index is 11.1. The molecule has 1 rings (SSSR count). The average molecular weight is 200 g/mol. The van der Waals surface area contributed by atoms with E-state index in [0.717, 1.165) is 13.1 Å². The van der Waals surface area contributed by atoms with Crippen LogP contribution in [0.15, 0.2) is 0 Å². The van der Waals surface area contributed by atoms with Gasteiger partial charge in [-0.1, -0.05) is 0 Å². The van der Waals surface area contributed by atoms with E-state index >= 15 is 0 Å². The Kier molecular flexibility index (Phi) is 3.17. The molecule has 0 saturated carbocycles. The molecule has 0 spiro atoms. The molecule has 4 nitrogen and oxygen atoms in total. The lowest BCUT2D eigenvalue weighted by Crippen LogP contribution is -2.64. The first-order chi connectivity index (χ1) is 6.37. The van der Waals surface area contributed by atoms with Crippen LogP contribution in [0.3, 0.4) is 0 Å². The van der Waals surface area contributed by atoms with Gasteiger partial charge in [0, 0.05) is 25.2 Å². The highest BCUT2D eigenvalue weighted by molar-refractivity contribution is 5.77. The van der Waals surface area contributed by atoms with E-state index in [9.17, 15) is 4.79 Å². The van der Waals surface area contributed by atoms with E-state index in [1.807, 2.05) is 0 Å². The maximum absolute atomic E-state index is 11.1. The van der Waals surface area contributed by atoms with Crippen LogP contribution in [-0.2, 0) is 4.79 Å². The smallest absolute Gasteiger partial charge is 0.323 e. The molecule has 0 aliphatic carbocycles. The summed E-state index contributed by atoms with van der Waals surface area (Å²) in [7, 11) is 0. The first kappa shape index (κ1) is 11.5. The maximum Gasteiger partial charge on any atom is 0.323 e. The van der Waals surface area contributed by atoms with Gasteiger partial charge in [-0.2, -0.15) is 0 Å². The van der Waals surface area contributed by atoms with Crippen molar-refractivity contribution in [2.24, 2.45) is 0 Å². The van der Waals surface area contributed by atoms with Crippen LogP contribution in [0.25, 0.3) is 0 Å². The zero-order valence-electron chi connectivity index (χ0n) is 9.37. The number of nitrogens with zero attached hydrogens (tertiary/aromatic N) is 1. The third kappa shape index (κ3) is 1.91. The number of aliphatic carboxylic acids is 1. The number of carboxylic acid groups (broad SMARTS) is 1. The molecular formula is C10H20N2O2. The molecule has 1 saturated heterocycles. The summed E-state index contributed by atoms with van der Waals surface area (Å²) in [6.45, 7) is 9.39. The van der Waals surface area contributed by atoms with Crippen molar-refractivity contribution < 1.29 is 9.90 Å². The summed E-state index contributed by atoms with van der Waals surface area (Å²) in [5.41, 5.74) is -0.777. The minimum Gasteiger partial charge on any atom is -0.480 e. The zero-order valence-corrected chi connectivity index (χ0v) is 9.37. The van der Waals surface area contributed by atoms with Gasteiger partial charge in [-0.25, -0.2) is 0 Å². The SMILES string of the molecule is CC1CNCC(C)N1C(C)(C)C(=O)O. The van der Waals surface area contributed by atoms with E-state index in [1.165, 1.54) is 0 Å². The Balaban J connectivity index is 2.87. The first-order valence-electron chi connectivity index (χ1n) is 5.10. The minimum atomic E-state index is -0.777. The predicted molar refractivity (Wildman–Crippen MR) is 55.3 cm³/mol. The number of carbonyl (C=O) groups is 1. The van der Waals surface area contributed by atoms with Crippen LogP contribution < -0.4 is 5.32 Å². The molecule has 0 aromatic heterocycles. The highest BCUT2D eigenvalue weighted by Crippen LogP contribution is 2.23. The molecule has 1 heterocycles. The third-order valence-corrected chi connectivity index (χ3v) is 3.00. The van der Waals surface area contributed by atoms with Crippen LogP contribution in [0.2, 0.25) is 0 Å². The second-order valence-electron chi connectivity index (χ2n) is 4.63. The van der Waals surface area contributed by atoms with E-state index in [2.05, 4.69) is 24.1 Å². The fraction of sp³-hybridized carbons (Fsp3) is 0.900. The lowest BCUT2D eigenvalue weighted by atomic mass is 9.96. The van der Waals surface area contributed by atoms with Gasteiger partial charge in [-0.3, -0.25) is 9.69 Å². The van der Waals surface area contributed by atoms with Gasteiger partial charge in [-0.05, 0) is 27.7 Å². The largest absolute Gasteiger partial charge is 0.480 e. The molecular weight excluding hydrogens is 180 g/mol. The topological polar surface area (TPSA) is 52.6 Å². The van der Waals surface area contributed by atoms with Crippen LogP contribution in [0.4, 0.5) is 0 Å². The fourth-order valence-corrected chi connectivity index (χ4v) is 2.34. The lowest BCUT2D eigenvalue weighted by molar-refractivity contribution is -0.153. The minimum absolute atomic E-state index is 0.268. The number of carboxylic acids is 1. The Hall–Kier alpha value is -0.610. The van der Waals surface area contributed by atoms with Gasteiger partial charge in [0.1, 0.15) is 5.54 Å². The molecule has 14 heavy (non-hydrogen) atoms. The summed E-state index contributed by atoms with van der Waals surface area (Å²) in [5.74, 6) is -0.752. The highest BCUT2D eigenvalue weighted by atomic mass is 16.4. The van der Waals surface area contributed by atoms with Gasteiger partial charge in [0.25, 0.3) is 0 Å². The summed E-state index contributed by atoms with van der Waals surface area (Å²) >= 11 is 0. The monoisotopic (exact) mass is 200 g/mol. The fourth-order valence-electron chi connectivity index (χ4n) is 2.34. The summed E-state index contributed by atoms with van der Waals surface area (Å²) < 4.78 is 0. The molecule has 0 radical (unpaired) electrons. The van der Waals surface area contributed by atoms with Gasteiger partial charge in [0.05, 0.1) is 0 Å². The molecule has 2 atom stereocenters. The van der Waals surface area contributed by atoms with Crippen LogP contribution >= 0.6 is 0 Å². The Bertz CT molecular complexity index is 218. The van der Waals surface area contributed by atoms with Crippen molar-refractivity contribution in [3.05, 3.63) is 0 Å². The van der Waals surface area contributed by atoms with Gasteiger partial charge < -0.3 is 10.4 Å². The predicted octanol–water partition coefficient (Wildman–Crippen LogP) is 0.532. The van der Waals surface area contributed by atoms with E-state index in [-0.39, 0.29) is 12.1 Å². The summed E-state index contributed by atoms with van der Waals surface area (Å²) in [6, 6.07) is 0.537. The number of piperazine rings is 1. The van der Waals surface area contributed by atoms with Crippen LogP contribution in [0.5, 0.6) is 0 Å². The van der Waals surface area contributed by atoms with E-state index in [4.69, 9.17) is 5.11 Å². The van der Waals surface area contributed by atoms with E-state index < -0.39 is 11.5 Å². The van der Waals surface area contributed by atoms with Crippen molar-refractivity contribution in [2.45, 2.75) is 45.3 Å². The summed E-state index contributed by atoms with van der Waals surface area (Å²) in [4.78, 5) is 13.2. The number of hydrogen-bond donors (Lipinski definition) is 2. The molecule has 4 heteroatoms. The van der Waals surface area contributed by atoms with Crippen molar-refractivity contribution in [3.8, 4) is 0 Å². The summed E-state index contributed by atoms with van der Waals surface area (Å²) in [5, 5.41) is 12.5.